The van der Waals surface area contributed by atoms with Crippen LogP contribution in [0.4, 0.5) is 14.5 Å². The Bertz CT molecular complexity index is 1310. The van der Waals surface area contributed by atoms with Crippen LogP contribution in [-0.4, -0.2) is 57.1 Å². The molecule has 0 spiro atoms. The number of aromatic nitrogens is 2. The van der Waals surface area contributed by atoms with Crippen LogP contribution < -0.4 is 10.1 Å². The van der Waals surface area contributed by atoms with Crippen molar-refractivity contribution in [3.05, 3.63) is 47.2 Å². The van der Waals surface area contributed by atoms with Crippen LogP contribution in [0.15, 0.2) is 35.6 Å². The van der Waals surface area contributed by atoms with Crippen molar-refractivity contribution < 1.29 is 27.7 Å². The van der Waals surface area contributed by atoms with Gasteiger partial charge in [0.25, 0.3) is 6.02 Å². The van der Waals surface area contributed by atoms with Gasteiger partial charge in [0, 0.05) is 57.4 Å². The molecule has 12 heteroatoms. The van der Waals surface area contributed by atoms with Gasteiger partial charge < -0.3 is 28.8 Å². The van der Waals surface area contributed by atoms with Crippen LogP contribution in [0.5, 0.6) is 11.5 Å². The monoisotopic (exact) mass is 566 g/mol. The molecule has 0 bridgehead atoms. The summed E-state index contributed by atoms with van der Waals surface area (Å²) < 4.78 is 54.1. The number of nitrogens with zero attached hydrogens (tertiary/aromatic N) is 3. The fraction of sp³-hybridized carbons (Fsp3) is 0.462. The zero-order valence-electron chi connectivity index (χ0n) is 22.2. The van der Waals surface area contributed by atoms with Gasteiger partial charge in [-0.05, 0) is 12.1 Å². The molecule has 3 aromatic rings. The minimum atomic E-state index is -1.22. The van der Waals surface area contributed by atoms with E-state index in [4.69, 9.17) is 30.5 Å². The van der Waals surface area contributed by atoms with Crippen molar-refractivity contribution in [3.63, 3.8) is 0 Å². The van der Waals surface area contributed by atoms with Gasteiger partial charge in [0.2, 0.25) is 0 Å². The molecule has 1 aliphatic rings. The fourth-order valence-electron chi connectivity index (χ4n) is 3.93. The number of fused-ring (bicyclic) bond motifs is 1. The normalized spacial score (nSPS) is 17.8. The molecule has 1 aliphatic heterocycles. The summed E-state index contributed by atoms with van der Waals surface area (Å²) >= 11 is 6.47. The van der Waals surface area contributed by atoms with Gasteiger partial charge in [0.05, 0.1) is 23.6 Å². The Labute approximate surface area is 226 Å². The topological polar surface area (TPSA) is 79.1 Å². The van der Waals surface area contributed by atoms with E-state index in [0.717, 1.165) is 18.2 Å². The van der Waals surface area contributed by atoms with E-state index >= 15 is 8.78 Å². The molecule has 4 rings (SSSR count). The van der Waals surface area contributed by atoms with Crippen LogP contribution in [0.2, 0.25) is 30.7 Å². The van der Waals surface area contributed by atoms with Gasteiger partial charge in [-0.15, -0.1) is 0 Å². The molecule has 0 fully saturated rings. The third-order valence-electron chi connectivity index (χ3n) is 6.02. The highest BCUT2D eigenvalue weighted by molar-refractivity contribution is 6.76. The van der Waals surface area contributed by atoms with Crippen LogP contribution in [0.25, 0.3) is 11.0 Å². The number of anilines is 1. The van der Waals surface area contributed by atoms with E-state index in [-0.39, 0.29) is 29.6 Å². The number of amidine groups is 1. The first-order valence-corrected chi connectivity index (χ1v) is 16.4. The summed E-state index contributed by atoms with van der Waals surface area (Å²) in [5, 5.41) is 3.59. The summed E-state index contributed by atoms with van der Waals surface area (Å²) in [6.07, 6.45) is 3.16. The Balaban J connectivity index is 1.49. The number of hydrogen-bond acceptors (Lipinski definition) is 7. The van der Waals surface area contributed by atoms with E-state index in [9.17, 15) is 0 Å². The molecule has 1 N–H and O–H groups in total. The second-order valence-corrected chi connectivity index (χ2v) is 17.0. The highest BCUT2D eigenvalue weighted by Gasteiger charge is 2.30. The molecule has 206 valence electrons. The van der Waals surface area contributed by atoms with Crippen LogP contribution in [-0.2, 0) is 20.9 Å². The Kier molecular flexibility index (Phi) is 8.61. The largest absolute Gasteiger partial charge is 0.464 e. The van der Waals surface area contributed by atoms with Crippen molar-refractivity contribution in [2.24, 2.45) is 10.4 Å². The van der Waals surface area contributed by atoms with Gasteiger partial charge in [0.15, 0.2) is 17.4 Å². The first kappa shape index (κ1) is 28.3. The van der Waals surface area contributed by atoms with Gasteiger partial charge in [-0.1, -0.05) is 38.2 Å². The predicted molar refractivity (Wildman–Crippen MR) is 147 cm³/mol. The smallest absolute Gasteiger partial charge is 0.289 e. The summed E-state index contributed by atoms with van der Waals surface area (Å²) in [4.78, 5) is 8.70. The van der Waals surface area contributed by atoms with Gasteiger partial charge in [0.1, 0.15) is 24.7 Å². The maximum atomic E-state index is 15.0. The molecule has 3 heterocycles. The maximum Gasteiger partial charge on any atom is 0.289 e. The highest BCUT2D eigenvalue weighted by atomic mass is 35.5. The number of methoxy groups -OCH3 is 1. The minimum absolute atomic E-state index is 0.140. The van der Waals surface area contributed by atoms with Gasteiger partial charge in [-0.2, -0.15) is 0 Å². The molecule has 0 saturated heterocycles. The second-order valence-electron chi connectivity index (χ2n) is 11.0. The van der Waals surface area contributed by atoms with Crippen LogP contribution in [0.1, 0.15) is 6.92 Å². The number of hydrogen-bond donors (Lipinski definition) is 1. The van der Waals surface area contributed by atoms with Crippen molar-refractivity contribution in [2.45, 2.75) is 39.3 Å². The number of benzene rings is 1. The standard InChI is InChI=1S/C26H33ClF2N4O4Si/c1-26(14-34-2)13-31-25(36-15-26)32-17-10-19(28)23(20(29)11-17)37-21-6-7-30-24-22(21)18(27)12-33(24)16-35-8-9-38(3,4)5/h6-7,10-12H,8-9,13-16H2,1-5H3,(H,31,32)/t26-/m1/s1. The van der Waals surface area contributed by atoms with Gasteiger partial charge in [-0.25, -0.2) is 18.8 Å². The first-order chi connectivity index (χ1) is 18.0. The second kappa shape index (κ2) is 11.6. The fourth-order valence-corrected chi connectivity index (χ4v) is 4.99. The Morgan fingerprint density at radius 1 is 1.24 bits per heavy atom. The summed E-state index contributed by atoms with van der Waals surface area (Å²) in [5.74, 6) is -2.18. The zero-order valence-corrected chi connectivity index (χ0v) is 24.0. The Hall–Kier alpha value is -2.73. The molecule has 0 radical (unpaired) electrons. The summed E-state index contributed by atoms with van der Waals surface area (Å²) in [6, 6.07) is 4.95. The lowest BCUT2D eigenvalue weighted by Gasteiger charge is -2.31. The van der Waals surface area contributed by atoms with Gasteiger partial charge >= 0.3 is 0 Å². The number of aliphatic imine (C=N–C) groups is 1. The predicted octanol–water partition coefficient (Wildman–Crippen LogP) is 6.52. The molecule has 1 atom stereocenters. The van der Waals surface area contributed by atoms with E-state index in [1.165, 1.54) is 12.3 Å². The highest BCUT2D eigenvalue weighted by Crippen LogP contribution is 2.37. The lowest BCUT2D eigenvalue weighted by molar-refractivity contribution is 0.0436. The lowest BCUT2D eigenvalue weighted by atomic mass is 9.92. The molecular formula is C26H33ClF2N4O4Si. The van der Waals surface area contributed by atoms with Gasteiger partial charge in [-0.3, -0.25) is 0 Å². The van der Waals surface area contributed by atoms with Crippen LogP contribution >= 0.6 is 11.6 Å². The number of halogens is 3. The van der Waals surface area contributed by atoms with E-state index < -0.39 is 25.5 Å². The number of rotatable bonds is 10. The quantitative estimate of drug-likeness (QED) is 0.222. The first-order valence-electron chi connectivity index (χ1n) is 12.3. The third kappa shape index (κ3) is 6.82. The summed E-state index contributed by atoms with van der Waals surface area (Å²) in [7, 11) is 0.392. The summed E-state index contributed by atoms with van der Waals surface area (Å²) in [6.45, 7) is 11.0. The molecule has 0 saturated carbocycles. The van der Waals surface area contributed by atoms with E-state index in [1.54, 1.807) is 17.9 Å². The van der Waals surface area contributed by atoms with Crippen molar-refractivity contribution in [3.8, 4) is 11.5 Å². The molecule has 38 heavy (non-hydrogen) atoms. The molecule has 0 unspecified atom stereocenters. The van der Waals surface area contributed by atoms with E-state index in [0.29, 0.717) is 42.4 Å². The van der Waals surface area contributed by atoms with E-state index in [1.807, 2.05) is 6.92 Å². The van der Waals surface area contributed by atoms with Crippen LogP contribution in [0, 0.1) is 17.0 Å². The summed E-state index contributed by atoms with van der Waals surface area (Å²) in [5.41, 5.74) is 0.373. The number of ether oxygens (including phenoxy) is 4. The van der Waals surface area contributed by atoms with Crippen molar-refractivity contribution in [2.75, 3.05) is 38.8 Å². The van der Waals surface area contributed by atoms with Crippen molar-refractivity contribution in [1.82, 2.24) is 9.55 Å². The third-order valence-corrected chi connectivity index (χ3v) is 8.01. The Morgan fingerprint density at radius 2 is 1.97 bits per heavy atom. The van der Waals surface area contributed by atoms with Crippen LogP contribution in [0.3, 0.4) is 0 Å². The van der Waals surface area contributed by atoms with E-state index in [2.05, 4.69) is 34.9 Å². The lowest BCUT2D eigenvalue weighted by Crippen LogP contribution is -2.38. The number of nitrogens with one attached hydrogen (secondary N) is 1. The minimum Gasteiger partial charge on any atom is -0.464 e. The van der Waals surface area contributed by atoms with Crippen molar-refractivity contribution in [1.29, 1.82) is 0 Å². The maximum absolute atomic E-state index is 15.0. The molecule has 0 aliphatic carbocycles. The van der Waals surface area contributed by atoms with Crippen molar-refractivity contribution >= 4 is 42.4 Å². The Morgan fingerprint density at radius 3 is 2.61 bits per heavy atom. The SMILES string of the molecule is COC[C@@]1(C)CN=C(Nc2cc(F)c(Oc3ccnc4c3c(Cl)cn4COCC[Si](C)(C)C)c(F)c2)OC1. The average molecular weight is 567 g/mol. The molecule has 8 nitrogen and oxygen atoms in total. The molecule has 0 amide bonds. The molecule has 2 aromatic heterocycles. The molecule has 1 aromatic carbocycles. The number of pyridine rings is 1. The average Bonchev–Trinajstić information content (AvgIpc) is 3.16. The zero-order chi connectivity index (χ0) is 27.5. The molecular weight excluding hydrogens is 534 g/mol.